The van der Waals surface area contributed by atoms with Gasteiger partial charge in [-0.15, -0.1) is 5.10 Å². The zero-order valence-corrected chi connectivity index (χ0v) is 9.64. The topological polar surface area (TPSA) is 106 Å². The second-order valence-corrected chi connectivity index (χ2v) is 4.25. The van der Waals surface area contributed by atoms with Crippen LogP contribution in [-0.4, -0.2) is 37.4 Å². The van der Waals surface area contributed by atoms with E-state index >= 15 is 0 Å². The van der Waals surface area contributed by atoms with Crippen LogP contribution in [0.2, 0.25) is 0 Å². The highest BCUT2D eigenvalue weighted by molar-refractivity contribution is 5.76. The number of amides is 1. The summed E-state index contributed by atoms with van der Waals surface area (Å²) in [5, 5.41) is 15.9. The van der Waals surface area contributed by atoms with Gasteiger partial charge in [-0.25, -0.2) is 9.67 Å². The van der Waals surface area contributed by atoms with Crippen molar-refractivity contribution >= 4 is 11.9 Å². The number of aliphatic hydroxyl groups is 1. The summed E-state index contributed by atoms with van der Waals surface area (Å²) in [6, 6.07) is 0. The second-order valence-electron chi connectivity index (χ2n) is 4.25. The minimum Gasteiger partial charge on any atom is -0.391 e. The van der Waals surface area contributed by atoms with Crippen LogP contribution in [0.4, 0.5) is 5.95 Å². The molecule has 1 atom stereocenters. The van der Waals surface area contributed by atoms with E-state index in [-0.39, 0.29) is 18.4 Å². The van der Waals surface area contributed by atoms with Gasteiger partial charge in [-0.3, -0.25) is 4.79 Å². The molecule has 0 aliphatic heterocycles. The van der Waals surface area contributed by atoms with Crippen molar-refractivity contribution in [2.75, 3.05) is 5.73 Å². The second kappa shape index (κ2) is 4.48. The molecule has 0 saturated heterocycles. The molecule has 7 heteroatoms. The Morgan fingerprint density at radius 3 is 2.81 bits per heavy atom. The SMILES string of the molecule is CC(O)C(C)(C)NC(=O)Cn1cnc(N)n1. The summed E-state index contributed by atoms with van der Waals surface area (Å²) in [4.78, 5) is 15.3. The summed E-state index contributed by atoms with van der Waals surface area (Å²) in [6.07, 6.45) is 0.738. The molecule has 1 rings (SSSR count). The van der Waals surface area contributed by atoms with E-state index < -0.39 is 11.6 Å². The van der Waals surface area contributed by atoms with Crippen LogP contribution >= 0.6 is 0 Å². The minimum absolute atomic E-state index is 0.0281. The molecule has 0 aromatic carbocycles. The molecule has 1 aromatic heterocycles. The van der Waals surface area contributed by atoms with Crippen molar-refractivity contribution in [2.24, 2.45) is 0 Å². The van der Waals surface area contributed by atoms with E-state index in [1.807, 2.05) is 0 Å². The summed E-state index contributed by atoms with van der Waals surface area (Å²) >= 11 is 0. The Hall–Kier alpha value is -1.63. The average Bonchev–Trinajstić information content (AvgIpc) is 2.49. The highest BCUT2D eigenvalue weighted by atomic mass is 16.3. The van der Waals surface area contributed by atoms with Gasteiger partial charge in [-0.2, -0.15) is 0 Å². The van der Waals surface area contributed by atoms with Gasteiger partial charge in [0.05, 0.1) is 11.6 Å². The average molecular weight is 227 g/mol. The normalized spacial score (nSPS) is 13.5. The van der Waals surface area contributed by atoms with E-state index in [9.17, 15) is 9.90 Å². The summed E-state index contributed by atoms with van der Waals surface area (Å²) < 4.78 is 1.34. The van der Waals surface area contributed by atoms with Crippen LogP contribution in [0.5, 0.6) is 0 Å². The number of nitrogens with one attached hydrogen (secondary N) is 1. The van der Waals surface area contributed by atoms with Crippen LogP contribution in [0.1, 0.15) is 20.8 Å². The first-order valence-electron chi connectivity index (χ1n) is 4.95. The molecule has 1 aromatic rings. The smallest absolute Gasteiger partial charge is 0.242 e. The Kier molecular flexibility index (Phi) is 3.48. The molecule has 0 bridgehead atoms. The Labute approximate surface area is 93.7 Å². The van der Waals surface area contributed by atoms with Gasteiger partial charge in [0.25, 0.3) is 0 Å². The van der Waals surface area contributed by atoms with Crippen LogP contribution in [-0.2, 0) is 11.3 Å². The maximum absolute atomic E-state index is 11.6. The maximum Gasteiger partial charge on any atom is 0.242 e. The Balaban J connectivity index is 2.54. The first-order valence-corrected chi connectivity index (χ1v) is 4.95. The largest absolute Gasteiger partial charge is 0.391 e. The lowest BCUT2D eigenvalue weighted by Gasteiger charge is -2.29. The first-order chi connectivity index (χ1) is 7.31. The van der Waals surface area contributed by atoms with Gasteiger partial charge in [-0.1, -0.05) is 0 Å². The molecule has 0 aliphatic rings. The number of aliphatic hydroxyl groups excluding tert-OH is 1. The van der Waals surface area contributed by atoms with Gasteiger partial charge >= 0.3 is 0 Å². The Morgan fingerprint density at radius 2 is 2.38 bits per heavy atom. The third kappa shape index (κ3) is 3.20. The predicted molar refractivity (Wildman–Crippen MR) is 58.3 cm³/mol. The van der Waals surface area contributed by atoms with Crippen molar-refractivity contribution in [1.29, 1.82) is 0 Å². The van der Waals surface area contributed by atoms with Crippen LogP contribution in [0, 0.1) is 0 Å². The highest BCUT2D eigenvalue weighted by Crippen LogP contribution is 2.07. The molecule has 1 amide bonds. The molecule has 0 radical (unpaired) electrons. The number of anilines is 1. The zero-order chi connectivity index (χ0) is 12.3. The Morgan fingerprint density at radius 1 is 1.75 bits per heavy atom. The van der Waals surface area contributed by atoms with Crippen molar-refractivity contribution in [3.8, 4) is 0 Å². The van der Waals surface area contributed by atoms with Gasteiger partial charge in [0.1, 0.15) is 12.9 Å². The molecule has 0 aliphatic carbocycles. The number of rotatable bonds is 4. The van der Waals surface area contributed by atoms with Crippen molar-refractivity contribution in [2.45, 2.75) is 39.0 Å². The molecule has 90 valence electrons. The monoisotopic (exact) mass is 227 g/mol. The fraction of sp³-hybridized carbons (Fsp3) is 0.667. The summed E-state index contributed by atoms with van der Waals surface area (Å²) in [5.41, 5.74) is 4.64. The van der Waals surface area contributed by atoms with Crippen molar-refractivity contribution < 1.29 is 9.90 Å². The maximum atomic E-state index is 11.6. The molecule has 16 heavy (non-hydrogen) atoms. The third-order valence-electron chi connectivity index (χ3n) is 2.37. The summed E-state index contributed by atoms with van der Waals surface area (Å²) in [6.45, 7) is 5.13. The molecule has 1 heterocycles. The standard InChI is InChI=1S/C9H17N5O2/c1-6(15)9(2,3)12-7(16)4-14-5-11-8(10)13-14/h5-6,15H,4H2,1-3H3,(H2,10,13)(H,12,16). The van der Waals surface area contributed by atoms with E-state index in [0.717, 1.165) is 0 Å². The predicted octanol–water partition coefficient (Wildman–Crippen LogP) is -0.864. The van der Waals surface area contributed by atoms with Crippen LogP contribution in [0.15, 0.2) is 6.33 Å². The van der Waals surface area contributed by atoms with Gasteiger partial charge in [-0.05, 0) is 20.8 Å². The first kappa shape index (κ1) is 12.4. The van der Waals surface area contributed by atoms with Crippen LogP contribution in [0.25, 0.3) is 0 Å². The fourth-order valence-corrected chi connectivity index (χ4v) is 1.04. The van der Waals surface area contributed by atoms with E-state index in [1.165, 1.54) is 11.0 Å². The lowest BCUT2D eigenvalue weighted by molar-refractivity contribution is -0.124. The van der Waals surface area contributed by atoms with Crippen molar-refractivity contribution in [1.82, 2.24) is 20.1 Å². The van der Waals surface area contributed by atoms with Crippen molar-refractivity contribution in [3.05, 3.63) is 6.33 Å². The summed E-state index contributed by atoms with van der Waals surface area (Å²) in [7, 11) is 0. The van der Waals surface area contributed by atoms with Gasteiger partial charge in [0, 0.05) is 0 Å². The molecule has 7 nitrogen and oxygen atoms in total. The number of nitrogen functional groups attached to an aromatic ring is 1. The van der Waals surface area contributed by atoms with E-state index in [0.29, 0.717) is 0 Å². The number of carbonyl (C=O) groups is 1. The molecule has 0 fully saturated rings. The number of nitrogens with two attached hydrogens (primary N) is 1. The van der Waals surface area contributed by atoms with Crippen molar-refractivity contribution in [3.63, 3.8) is 0 Å². The zero-order valence-electron chi connectivity index (χ0n) is 9.64. The quantitative estimate of drug-likeness (QED) is 0.620. The lowest BCUT2D eigenvalue weighted by atomic mass is 9.99. The van der Waals surface area contributed by atoms with Crippen LogP contribution < -0.4 is 11.1 Å². The lowest BCUT2D eigenvalue weighted by Crippen LogP contribution is -2.51. The summed E-state index contributed by atoms with van der Waals surface area (Å²) in [5.74, 6) is -0.126. The van der Waals surface area contributed by atoms with Crippen LogP contribution in [0.3, 0.4) is 0 Å². The third-order valence-corrected chi connectivity index (χ3v) is 2.37. The number of carbonyl (C=O) groups excluding carboxylic acids is 1. The Bertz CT molecular complexity index is 372. The fourth-order valence-electron chi connectivity index (χ4n) is 1.04. The molecule has 0 spiro atoms. The minimum atomic E-state index is -0.677. The highest BCUT2D eigenvalue weighted by Gasteiger charge is 2.25. The molecular weight excluding hydrogens is 210 g/mol. The van der Waals surface area contributed by atoms with E-state index in [1.54, 1.807) is 20.8 Å². The van der Waals surface area contributed by atoms with Gasteiger partial charge in [0.2, 0.25) is 11.9 Å². The number of hydrogen-bond donors (Lipinski definition) is 3. The molecule has 1 unspecified atom stereocenters. The van der Waals surface area contributed by atoms with Gasteiger partial charge in [0.15, 0.2) is 0 Å². The number of hydrogen-bond acceptors (Lipinski definition) is 5. The van der Waals surface area contributed by atoms with E-state index in [4.69, 9.17) is 5.73 Å². The number of nitrogens with zero attached hydrogens (tertiary/aromatic N) is 3. The van der Waals surface area contributed by atoms with E-state index in [2.05, 4.69) is 15.4 Å². The molecule has 0 saturated carbocycles. The molecular formula is C9H17N5O2. The van der Waals surface area contributed by atoms with Gasteiger partial charge < -0.3 is 16.2 Å². The number of aromatic nitrogens is 3. The molecule has 4 N–H and O–H groups in total.